The Kier molecular flexibility index (Phi) is 4.48. The van der Waals surface area contributed by atoms with E-state index in [4.69, 9.17) is 15.2 Å². The maximum absolute atomic E-state index is 14.2. The molecular weight excluding hydrogens is 269 g/mol. The third-order valence-corrected chi connectivity index (χ3v) is 3.57. The summed E-state index contributed by atoms with van der Waals surface area (Å²) in [6.45, 7) is 3.92. The lowest BCUT2D eigenvalue weighted by Gasteiger charge is -2.21. The lowest BCUT2D eigenvalue weighted by Crippen LogP contribution is -2.17. The van der Waals surface area contributed by atoms with Crippen molar-refractivity contribution in [1.29, 1.82) is 0 Å². The Labute approximate surface area is 124 Å². The first-order valence-corrected chi connectivity index (χ1v) is 6.72. The molecule has 0 saturated heterocycles. The number of benzene rings is 2. The molecule has 2 rings (SSSR count). The van der Waals surface area contributed by atoms with Gasteiger partial charge in [-0.1, -0.05) is 12.1 Å². The number of ether oxygens (including phenoxy) is 2. The van der Waals surface area contributed by atoms with E-state index in [0.717, 1.165) is 16.7 Å². The van der Waals surface area contributed by atoms with E-state index in [1.807, 2.05) is 26.0 Å². The van der Waals surface area contributed by atoms with Gasteiger partial charge >= 0.3 is 0 Å². The molecule has 0 aromatic heterocycles. The topological polar surface area (TPSA) is 44.5 Å². The van der Waals surface area contributed by atoms with Crippen molar-refractivity contribution in [2.75, 3.05) is 14.2 Å². The van der Waals surface area contributed by atoms with E-state index in [1.54, 1.807) is 19.2 Å². The fraction of sp³-hybridized carbons (Fsp3) is 0.294. The maximum Gasteiger partial charge on any atom is 0.132 e. The Morgan fingerprint density at radius 3 is 2.29 bits per heavy atom. The molecule has 2 N–H and O–H groups in total. The predicted molar refractivity (Wildman–Crippen MR) is 81.5 cm³/mol. The average molecular weight is 289 g/mol. The van der Waals surface area contributed by atoms with Crippen LogP contribution in [0.4, 0.5) is 4.39 Å². The molecule has 1 unspecified atom stereocenters. The zero-order chi connectivity index (χ0) is 15.6. The van der Waals surface area contributed by atoms with Gasteiger partial charge in [0.25, 0.3) is 0 Å². The van der Waals surface area contributed by atoms with E-state index in [0.29, 0.717) is 17.1 Å². The maximum atomic E-state index is 14.2. The van der Waals surface area contributed by atoms with E-state index in [1.165, 1.54) is 13.2 Å². The van der Waals surface area contributed by atoms with E-state index >= 15 is 0 Å². The lowest BCUT2D eigenvalue weighted by atomic mass is 9.92. The summed E-state index contributed by atoms with van der Waals surface area (Å²) in [7, 11) is 3.09. The number of halogens is 1. The molecule has 0 amide bonds. The van der Waals surface area contributed by atoms with Crippen molar-refractivity contribution in [1.82, 2.24) is 0 Å². The van der Waals surface area contributed by atoms with Crippen LogP contribution in [0.15, 0.2) is 30.3 Å². The Morgan fingerprint density at radius 2 is 1.67 bits per heavy atom. The van der Waals surface area contributed by atoms with Gasteiger partial charge in [0.1, 0.15) is 17.3 Å². The molecule has 4 heteroatoms. The second-order valence-electron chi connectivity index (χ2n) is 5.03. The molecule has 2 aromatic rings. The van der Waals surface area contributed by atoms with Crippen molar-refractivity contribution in [3.63, 3.8) is 0 Å². The highest BCUT2D eigenvalue weighted by molar-refractivity contribution is 5.51. The number of hydrogen-bond donors (Lipinski definition) is 1. The Morgan fingerprint density at radius 1 is 1.00 bits per heavy atom. The average Bonchev–Trinajstić information content (AvgIpc) is 2.45. The van der Waals surface area contributed by atoms with Crippen LogP contribution < -0.4 is 15.2 Å². The van der Waals surface area contributed by atoms with Crippen molar-refractivity contribution in [2.24, 2.45) is 5.73 Å². The molecule has 0 aliphatic heterocycles. The van der Waals surface area contributed by atoms with Crippen molar-refractivity contribution in [3.05, 3.63) is 58.4 Å². The van der Waals surface area contributed by atoms with Crippen LogP contribution in [0.2, 0.25) is 0 Å². The van der Waals surface area contributed by atoms with Crippen LogP contribution in [0.5, 0.6) is 11.5 Å². The molecule has 0 spiro atoms. The fourth-order valence-corrected chi connectivity index (χ4v) is 2.65. The largest absolute Gasteiger partial charge is 0.496 e. The number of hydrogen-bond acceptors (Lipinski definition) is 3. The van der Waals surface area contributed by atoms with Crippen LogP contribution in [-0.4, -0.2) is 14.2 Å². The first-order chi connectivity index (χ1) is 9.99. The van der Waals surface area contributed by atoms with Crippen LogP contribution in [0.1, 0.15) is 28.3 Å². The fourth-order valence-electron chi connectivity index (χ4n) is 2.65. The smallest absolute Gasteiger partial charge is 0.132 e. The predicted octanol–water partition coefficient (Wildman–Crippen LogP) is 3.51. The zero-order valence-electron chi connectivity index (χ0n) is 12.7. The molecule has 0 aliphatic rings. The molecule has 0 saturated carbocycles. The summed E-state index contributed by atoms with van der Waals surface area (Å²) >= 11 is 0. The van der Waals surface area contributed by atoms with Crippen LogP contribution in [0.3, 0.4) is 0 Å². The van der Waals surface area contributed by atoms with E-state index in [2.05, 4.69) is 0 Å². The first kappa shape index (κ1) is 15.3. The lowest BCUT2D eigenvalue weighted by molar-refractivity contribution is 0.395. The van der Waals surface area contributed by atoms with Gasteiger partial charge in [-0.2, -0.15) is 0 Å². The summed E-state index contributed by atoms with van der Waals surface area (Å²) in [6, 6.07) is 7.93. The molecule has 0 bridgehead atoms. The van der Waals surface area contributed by atoms with Crippen LogP contribution in [0.25, 0.3) is 0 Å². The van der Waals surface area contributed by atoms with Crippen molar-refractivity contribution in [3.8, 4) is 11.5 Å². The molecule has 2 aromatic carbocycles. The Bertz CT molecular complexity index is 655. The van der Waals surface area contributed by atoms with Crippen LogP contribution in [-0.2, 0) is 0 Å². The quantitative estimate of drug-likeness (QED) is 0.936. The van der Waals surface area contributed by atoms with Gasteiger partial charge in [-0.15, -0.1) is 0 Å². The minimum absolute atomic E-state index is 0.338. The van der Waals surface area contributed by atoms with Gasteiger partial charge in [0.2, 0.25) is 0 Å². The molecule has 3 nitrogen and oxygen atoms in total. The van der Waals surface area contributed by atoms with Gasteiger partial charge in [-0.3, -0.25) is 0 Å². The summed E-state index contributed by atoms with van der Waals surface area (Å²) in [4.78, 5) is 0. The van der Waals surface area contributed by atoms with Gasteiger partial charge in [0, 0.05) is 5.56 Å². The molecule has 1 atom stereocenters. The zero-order valence-corrected chi connectivity index (χ0v) is 12.7. The van der Waals surface area contributed by atoms with Gasteiger partial charge < -0.3 is 15.2 Å². The van der Waals surface area contributed by atoms with E-state index in [-0.39, 0.29) is 5.82 Å². The molecule has 0 radical (unpaired) electrons. The highest BCUT2D eigenvalue weighted by Gasteiger charge is 2.23. The highest BCUT2D eigenvalue weighted by atomic mass is 19.1. The summed E-state index contributed by atoms with van der Waals surface area (Å²) in [6.07, 6.45) is 0. The normalized spacial score (nSPS) is 12.1. The SMILES string of the molecule is COc1cc(C)cc(C)c1C(N)c1c(F)cccc1OC. The van der Waals surface area contributed by atoms with E-state index < -0.39 is 6.04 Å². The third kappa shape index (κ3) is 2.85. The minimum atomic E-state index is -0.656. The monoisotopic (exact) mass is 289 g/mol. The second kappa shape index (κ2) is 6.14. The number of rotatable bonds is 4. The van der Waals surface area contributed by atoms with Crippen molar-refractivity contribution < 1.29 is 13.9 Å². The molecule has 21 heavy (non-hydrogen) atoms. The summed E-state index contributed by atoms with van der Waals surface area (Å²) in [5.41, 5.74) is 9.46. The molecular formula is C17H20FNO2. The Balaban J connectivity index is 2.63. The third-order valence-electron chi connectivity index (χ3n) is 3.57. The van der Waals surface area contributed by atoms with Gasteiger partial charge in [0.15, 0.2) is 0 Å². The van der Waals surface area contributed by atoms with Crippen molar-refractivity contribution >= 4 is 0 Å². The number of nitrogens with two attached hydrogens (primary N) is 1. The number of methoxy groups -OCH3 is 2. The van der Waals surface area contributed by atoms with Gasteiger partial charge in [-0.05, 0) is 43.2 Å². The molecule has 0 fully saturated rings. The van der Waals surface area contributed by atoms with Gasteiger partial charge in [-0.25, -0.2) is 4.39 Å². The summed E-state index contributed by atoms with van der Waals surface area (Å²) < 4.78 is 24.9. The molecule has 112 valence electrons. The van der Waals surface area contributed by atoms with E-state index in [9.17, 15) is 4.39 Å². The molecule has 0 heterocycles. The number of aryl methyl sites for hydroxylation is 2. The Hall–Kier alpha value is -2.07. The van der Waals surface area contributed by atoms with Gasteiger partial charge in [0.05, 0.1) is 25.8 Å². The molecule has 0 aliphatic carbocycles. The van der Waals surface area contributed by atoms with Crippen molar-refractivity contribution in [2.45, 2.75) is 19.9 Å². The summed E-state index contributed by atoms with van der Waals surface area (Å²) in [5.74, 6) is 0.707. The highest BCUT2D eigenvalue weighted by Crippen LogP contribution is 2.37. The standard InChI is InChI=1S/C17H20FNO2/c1-10-8-11(2)15(14(9-10)21-4)17(19)16-12(18)6-5-7-13(16)20-3/h5-9,17H,19H2,1-4H3. The van der Waals surface area contributed by atoms with Crippen LogP contribution >= 0.6 is 0 Å². The summed E-state index contributed by atoms with van der Waals surface area (Å²) in [5, 5.41) is 0. The van der Waals surface area contributed by atoms with Crippen LogP contribution in [0, 0.1) is 19.7 Å². The second-order valence-corrected chi connectivity index (χ2v) is 5.03. The minimum Gasteiger partial charge on any atom is -0.496 e. The first-order valence-electron chi connectivity index (χ1n) is 6.72.